The molecule has 4 heteroatoms. The fourth-order valence-electron chi connectivity index (χ4n) is 1.93. The highest BCUT2D eigenvalue weighted by molar-refractivity contribution is 5.26. The highest BCUT2D eigenvalue weighted by atomic mass is 16.5. The Kier molecular flexibility index (Phi) is 5.59. The van der Waals surface area contributed by atoms with E-state index in [0.717, 1.165) is 26.2 Å². The third-order valence-corrected chi connectivity index (χ3v) is 2.97. The van der Waals surface area contributed by atoms with E-state index in [9.17, 15) is 0 Å². The number of hydrogen-bond acceptors (Lipinski definition) is 3. The molecule has 19 heavy (non-hydrogen) atoms. The van der Waals surface area contributed by atoms with Crippen LogP contribution in [0, 0.1) is 0 Å². The van der Waals surface area contributed by atoms with E-state index in [1.165, 1.54) is 11.1 Å². The van der Waals surface area contributed by atoms with Crippen molar-refractivity contribution in [3.8, 4) is 0 Å². The van der Waals surface area contributed by atoms with Gasteiger partial charge < -0.3 is 10.1 Å². The minimum Gasteiger partial charge on any atom is -0.377 e. The summed E-state index contributed by atoms with van der Waals surface area (Å²) in [6.45, 7) is 6.12. The van der Waals surface area contributed by atoms with Crippen molar-refractivity contribution in [1.29, 1.82) is 0 Å². The molecular weight excluding hydrogens is 238 g/mol. The summed E-state index contributed by atoms with van der Waals surface area (Å²) in [5, 5.41) is 7.62. The van der Waals surface area contributed by atoms with Gasteiger partial charge in [-0.2, -0.15) is 5.10 Å². The molecule has 1 N–H and O–H groups in total. The van der Waals surface area contributed by atoms with Crippen molar-refractivity contribution < 1.29 is 4.74 Å². The third-order valence-electron chi connectivity index (χ3n) is 2.97. The second-order valence-electron chi connectivity index (χ2n) is 4.35. The molecular formula is C15H21N3O. The first kappa shape index (κ1) is 13.8. The monoisotopic (exact) mass is 259 g/mol. The number of aromatic nitrogens is 2. The molecule has 2 rings (SSSR count). The van der Waals surface area contributed by atoms with Crippen LogP contribution in [0.2, 0.25) is 0 Å². The molecule has 0 aliphatic heterocycles. The molecule has 102 valence electrons. The van der Waals surface area contributed by atoms with Gasteiger partial charge in [-0.15, -0.1) is 0 Å². The first-order valence-corrected chi connectivity index (χ1v) is 6.73. The van der Waals surface area contributed by atoms with Gasteiger partial charge in [0.25, 0.3) is 0 Å². The average Bonchev–Trinajstić information content (AvgIpc) is 2.95. The molecule has 0 atom stereocenters. The molecule has 2 aromatic rings. The lowest BCUT2D eigenvalue weighted by molar-refractivity contribution is 0.133. The van der Waals surface area contributed by atoms with E-state index >= 15 is 0 Å². The van der Waals surface area contributed by atoms with Crippen LogP contribution in [0.3, 0.4) is 0 Å². The van der Waals surface area contributed by atoms with E-state index in [1.54, 1.807) is 6.20 Å². The lowest BCUT2D eigenvalue weighted by Crippen LogP contribution is -2.20. The Morgan fingerprint density at radius 2 is 2.05 bits per heavy atom. The molecule has 0 unspecified atom stereocenters. The van der Waals surface area contributed by atoms with E-state index in [1.807, 2.05) is 23.9 Å². The van der Waals surface area contributed by atoms with Crippen molar-refractivity contribution in [1.82, 2.24) is 15.1 Å². The van der Waals surface area contributed by atoms with E-state index in [-0.39, 0.29) is 0 Å². The minimum atomic E-state index is 0.688. The van der Waals surface area contributed by atoms with Crippen LogP contribution in [-0.4, -0.2) is 22.9 Å². The second-order valence-corrected chi connectivity index (χ2v) is 4.35. The second kappa shape index (κ2) is 7.71. The first-order chi connectivity index (χ1) is 9.40. The molecule has 4 nitrogen and oxygen atoms in total. The summed E-state index contributed by atoms with van der Waals surface area (Å²) in [5.41, 5.74) is 2.56. The normalized spacial score (nSPS) is 10.8. The molecule has 1 aromatic carbocycles. The molecule has 0 saturated carbocycles. The van der Waals surface area contributed by atoms with Gasteiger partial charge in [0.05, 0.1) is 13.2 Å². The number of nitrogens with one attached hydrogen (secondary N) is 1. The maximum absolute atomic E-state index is 5.48. The van der Waals surface area contributed by atoms with Gasteiger partial charge >= 0.3 is 0 Å². The van der Waals surface area contributed by atoms with Crippen LogP contribution in [0.5, 0.6) is 0 Å². The zero-order valence-electron chi connectivity index (χ0n) is 11.4. The summed E-state index contributed by atoms with van der Waals surface area (Å²) >= 11 is 0. The summed E-state index contributed by atoms with van der Waals surface area (Å²) in [7, 11) is 0. The molecule has 0 saturated heterocycles. The summed E-state index contributed by atoms with van der Waals surface area (Å²) < 4.78 is 7.41. The lowest BCUT2D eigenvalue weighted by atomic mass is 10.1. The standard InChI is InChI=1S/C15H21N3O/c1-2-19-13-15-7-4-3-6-14(15)12-16-9-11-18-10-5-8-17-18/h3-8,10,16H,2,9,11-13H2,1H3. The fraction of sp³-hybridized carbons (Fsp3) is 0.400. The number of hydrogen-bond donors (Lipinski definition) is 1. The predicted molar refractivity (Wildman–Crippen MR) is 75.7 cm³/mol. The van der Waals surface area contributed by atoms with Crippen LogP contribution < -0.4 is 5.32 Å². The lowest BCUT2D eigenvalue weighted by Gasteiger charge is -2.10. The fourth-order valence-corrected chi connectivity index (χ4v) is 1.93. The van der Waals surface area contributed by atoms with E-state index in [0.29, 0.717) is 6.61 Å². The van der Waals surface area contributed by atoms with Gasteiger partial charge in [-0.3, -0.25) is 4.68 Å². The third kappa shape index (κ3) is 4.50. The van der Waals surface area contributed by atoms with Crippen molar-refractivity contribution in [2.24, 2.45) is 0 Å². The molecule has 0 aliphatic rings. The Bertz CT molecular complexity index is 468. The van der Waals surface area contributed by atoms with Crippen molar-refractivity contribution in [3.63, 3.8) is 0 Å². The van der Waals surface area contributed by atoms with E-state index in [2.05, 4.69) is 34.7 Å². The molecule has 0 aliphatic carbocycles. The smallest absolute Gasteiger partial charge is 0.0719 e. The van der Waals surface area contributed by atoms with Gasteiger partial charge in [0.15, 0.2) is 0 Å². The average molecular weight is 259 g/mol. The molecule has 1 aromatic heterocycles. The van der Waals surface area contributed by atoms with Crippen LogP contribution >= 0.6 is 0 Å². The van der Waals surface area contributed by atoms with Gasteiger partial charge in [0.2, 0.25) is 0 Å². The predicted octanol–water partition coefficient (Wildman–Crippen LogP) is 2.21. The van der Waals surface area contributed by atoms with Crippen LogP contribution in [0.25, 0.3) is 0 Å². The van der Waals surface area contributed by atoms with Gasteiger partial charge in [-0.05, 0) is 24.1 Å². The van der Waals surface area contributed by atoms with Crippen LogP contribution in [-0.2, 0) is 24.4 Å². The van der Waals surface area contributed by atoms with Crippen LogP contribution in [0.15, 0.2) is 42.7 Å². The Morgan fingerprint density at radius 1 is 1.21 bits per heavy atom. The van der Waals surface area contributed by atoms with Gasteiger partial charge in [0.1, 0.15) is 0 Å². The molecule has 0 amide bonds. The van der Waals surface area contributed by atoms with Crippen molar-refractivity contribution >= 4 is 0 Å². The minimum absolute atomic E-state index is 0.688. The maximum atomic E-state index is 5.48. The summed E-state index contributed by atoms with van der Waals surface area (Å²) in [6, 6.07) is 10.3. The molecule has 1 heterocycles. The summed E-state index contributed by atoms with van der Waals surface area (Å²) in [6.07, 6.45) is 3.78. The Balaban J connectivity index is 1.78. The summed E-state index contributed by atoms with van der Waals surface area (Å²) in [4.78, 5) is 0. The topological polar surface area (TPSA) is 39.1 Å². The quantitative estimate of drug-likeness (QED) is 0.739. The van der Waals surface area contributed by atoms with Crippen LogP contribution in [0.4, 0.5) is 0 Å². The van der Waals surface area contributed by atoms with E-state index in [4.69, 9.17) is 4.74 Å². The molecule has 0 radical (unpaired) electrons. The SMILES string of the molecule is CCOCc1ccccc1CNCCn1cccn1. The first-order valence-electron chi connectivity index (χ1n) is 6.73. The number of ether oxygens (including phenoxy) is 1. The van der Waals surface area contributed by atoms with Gasteiger partial charge in [0, 0.05) is 32.1 Å². The zero-order chi connectivity index (χ0) is 13.3. The molecule has 0 spiro atoms. The number of rotatable bonds is 8. The van der Waals surface area contributed by atoms with Crippen molar-refractivity contribution in [3.05, 3.63) is 53.9 Å². The zero-order valence-corrected chi connectivity index (χ0v) is 11.4. The highest BCUT2D eigenvalue weighted by Gasteiger charge is 2.01. The Hall–Kier alpha value is -1.65. The molecule has 0 bridgehead atoms. The Morgan fingerprint density at radius 3 is 2.79 bits per heavy atom. The maximum Gasteiger partial charge on any atom is 0.0719 e. The Labute approximate surface area is 114 Å². The van der Waals surface area contributed by atoms with Crippen molar-refractivity contribution in [2.75, 3.05) is 13.2 Å². The number of nitrogens with zero attached hydrogens (tertiary/aromatic N) is 2. The van der Waals surface area contributed by atoms with Gasteiger partial charge in [-0.1, -0.05) is 24.3 Å². The number of benzene rings is 1. The molecule has 0 fully saturated rings. The van der Waals surface area contributed by atoms with Crippen molar-refractivity contribution in [2.45, 2.75) is 26.6 Å². The van der Waals surface area contributed by atoms with E-state index < -0.39 is 0 Å². The van der Waals surface area contributed by atoms with Gasteiger partial charge in [-0.25, -0.2) is 0 Å². The summed E-state index contributed by atoms with van der Waals surface area (Å²) in [5.74, 6) is 0. The highest BCUT2D eigenvalue weighted by Crippen LogP contribution is 2.09. The van der Waals surface area contributed by atoms with Crippen LogP contribution in [0.1, 0.15) is 18.1 Å². The largest absolute Gasteiger partial charge is 0.377 e.